The molecule has 0 fully saturated rings. The second kappa shape index (κ2) is 5.12. The largest absolute Gasteiger partial charge is 0.494 e. The molecule has 4 nitrogen and oxygen atoms in total. The number of benzene rings is 1. The molecule has 1 aromatic carbocycles. The lowest BCUT2D eigenvalue weighted by molar-refractivity contribution is 0.340. The normalized spacial score (nSPS) is 10.9. The van der Waals surface area contributed by atoms with E-state index in [1.54, 1.807) is 0 Å². The Labute approximate surface area is 107 Å². The van der Waals surface area contributed by atoms with Gasteiger partial charge < -0.3 is 14.9 Å². The van der Waals surface area contributed by atoms with Crippen LogP contribution in [-0.2, 0) is 0 Å². The summed E-state index contributed by atoms with van der Waals surface area (Å²) in [5.41, 5.74) is 7.43. The Balaban J connectivity index is 2.36. The summed E-state index contributed by atoms with van der Waals surface area (Å²) in [6.07, 6.45) is 0. The highest BCUT2D eigenvalue weighted by molar-refractivity contribution is 5.64. The van der Waals surface area contributed by atoms with E-state index in [1.807, 2.05) is 31.2 Å². The number of oxazole rings is 1. The Bertz CT molecular complexity index is 515. The van der Waals surface area contributed by atoms with Gasteiger partial charge in [-0.25, -0.2) is 0 Å². The van der Waals surface area contributed by atoms with Crippen molar-refractivity contribution in [2.45, 2.75) is 26.7 Å². The number of anilines is 1. The molecule has 4 heteroatoms. The molecule has 1 heterocycles. The summed E-state index contributed by atoms with van der Waals surface area (Å²) < 4.78 is 10.9. The number of ether oxygens (including phenoxy) is 1. The van der Waals surface area contributed by atoms with Crippen LogP contribution >= 0.6 is 0 Å². The van der Waals surface area contributed by atoms with Crippen LogP contribution in [0.3, 0.4) is 0 Å². The molecule has 0 radical (unpaired) electrons. The number of aromatic nitrogens is 1. The topological polar surface area (TPSA) is 61.3 Å². The third kappa shape index (κ3) is 2.47. The van der Waals surface area contributed by atoms with Gasteiger partial charge >= 0.3 is 0 Å². The van der Waals surface area contributed by atoms with Gasteiger partial charge in [-0.1, -0.05) is 13.8 Å². The van der Waals surface area contributed by atoms with E-state index >= 15 is 0 Å². The smallest absolute Gasteiger partial charge is 0.292 e. The summed E-state index contributed by atoms with van der Waals surface area (Å²) in [7, 11) is 0. The van der Waals surface area contributed by atoms with E-state index in [2.05, 4.69) is 18.8 Å². The first-order valence-electron chi connectivity index (χ1n) is 6.11. The van der Waals surface area contributed by atoms with Crippen LogP contribution in [0.1, 0.15) is 32.4 Å². The molecule has 0 aliphatic heterocycles. The molecular formula is C14H18N2O2. The fourth-order valence-corrected chi connectivity index (χ4v) is 1.82. The van der Waals surface area contributed by atoms with Crippen LogP contribution in [0, 0.1) is 0 Å². The molecule has 1 aromatic heterocycles. The van der Waals surface area contributed by atoms with Crippen molar-refractivity contribution in [1.29, 1.82) is 0 Å². The summed E-state index contributed by atoms with van der Waals surface area (Å²) in [6, 6.07) is 7.99. The van der Waals surface area contributed by atoms with Crippen molar-refractivity contribution in [3.8, 4) is 17.0 Å². The van der Waals surface area contributed by atoms with Crippen molar-refractivity contribution < 1.29 is 9.15 Å². The Hall–Kier alpha value is -1.97. The van der Waals surface area contributed by atoms with Gasteiger partial charge in [-0.3, -0.25) is 0 Å². The summed E-state index contributed by atoms with van der Waals surface area (Å²) >= 11 is 0. The zero-order chi connectivity index (χ0) is 13.1. The zero-order valence-corrected chi connectivity index (χ0v) is 10.9. The van der Waals surface area contributed by atoms with Crippen molar-refractivity contribution in [2.24, 2.45) is 0 Å². The van der Waals surface area contributed by atoms with Gasteiger partial charge in [0.2, 0.25) is 0 Å². The maximum Gasteiger partial charge on any atom is 0.292 e. The Morgan fingerprint density at radius 2 is 1.94 bits per heavy atom. The molecule has 2 N–H and O–H groups in total. The highest BCUT2D eigenvalue weighted by Crippen LogP contribution is 2.31. The van der Waals surface area contributed by atoms with Crippen molar-refractivity contribution in [2.75, 3.05) is 12.3 Å². The molecule has 0 bridgehead atoms. The van der Waals surface area contributed by atoms with Gasteiger partial charge in [-0.05, 0) is 31.2 Å². The zero-order valence-electron chi connectivity index (χ0n) is 10.9. The minimum absolute atomic E-state index is 0.211. The Morgan fingerprint density at radius 1 is 1.28 bits per heavy atom. The standard InChI is InChI=1S/C14H18N2O2/c1-4-17-11-7-5-10(6-8-11)12-13(9(2)3)18-14(15)16-12/h5-9H,4H2,1-3H3,(H2,15,16). The van der Waals surface area contributed by atoms with E-state index in [1.165, 1.54) is 0 Å². The van der Waals surface area contributed by atoms with Gasteiger partial charge in [0, 0.05) is 11.5 Å². The number of hydrogen-bond acceptors (Lipinski definition) is 4. The van der Waals surface area contributed by atoms with E-state index in [9.17, 15) is 0 Å². The lowest BCUT2D eigenvalue weighted by Gasteiger charge is -2.05. The van der Waals surface area contributed by atoms with E-state index in [4.69, 9.17) is 14.9 Å². The number of nitrogen functional groups attached to an aromatic ring is 1. The predicted octanol–water partition coefficient (Wildman–Crippen LogP) is 3.45. The number of hydrogen-bond donors (Lipinski definition) is 1. The monoisotopic (exact) mass is 246 g/mol. The highest BCUT2D eigenvalue weighted by atomic mass is 16.5. The summed E-state index contributed by atoms with van der Waals surface area (Å²) in [5.74, 6) is 1.91. The van der Waals surface area contributed by atoms with Crippen LogP contribution in [0.25, 0.3) is 11.3 Å². The molecular weight excluding hydrogens is 228 g/mol. The minimum atomic E-state index is 0.211. The van der Waals surface area contributed by atoms with Gasteiger partial charge in [0.25, 0.3) is 6.01 Å². The maximum atomic E-state index is 5.63. The van der Waals surface area contributed by atoms with Crippen molar-refractivity contribution in [3.63, 3.8) is 0 Å². The summed E-state index contributed by atoms with van der Waals surface area (Å²) in [6.45, 7) is 6.73. The van der Waals surface area contributed by atoms with E-state index in [-0.39, 0.29) is 11.9 Å². The first kappa shape index (κ1) is 12.5. The molecule has 0 atom stereocenters. The molecule has 0 unspecified atom stereocenters. The molecule has 0 spiro atoms. The Morgan fingerprint density at radius 3 is 2.50 bits per heavy atom. The van der Waals surface area contributed by atoms with E-state index in [0.29, 0.717) is 6.61 Å². The van der Waals surface area contributed by atoms with Gasteiger partial charge in [0.15, 0.2) is 0 Å². The van der Waals surface area contributed by atoms with Crippen LogP contribution in [0.5, 0.6) is 5.75 Å². The SMILES string of the molecule is CCOc1ccc(-c2nc(N)oc2C(C)C)cc1. The molecule has 0 aliphatic carbocycles. The number of rotatable bonds is 4. The lowest BCUT2D eigenvalue weighted by Crippen LogP contribution is -1.92. The van der Waals surface area contributed by atoms with Crippen molar-refractivity contribution in [1.82, 2.24) is 4.98 Å². The van der Waals surface area contributed by atoms with Crippen LogP contribution < -0.4 is 10.5 Å². The maximum absolute atomic E-state index is 5.63. The lowest BCUT2D eigenvalue weighted by atomic mass is 10.0. The summed E-state index contributed by atoms with van der Waals surface area (Å²) in [4.78, 5) is 4.25. The molecule has 18 heavy (non-hydrogen) atoms. The predicted molar refractivity (Wildman–Crippen MR) is 71.6 cm³/mol. The third-order valence-electron chi connectivity index (χ3n) is 2.63. The van der Waals surface area contributed by atoms with Crippen molar-refractivity contribution in [3.05, 3.63) is 30.0 Å². The Kier molecular flexibility index (Phi) is 3.55. The number of nitrogens with two attached hydrogens (primary N) is 1. The van der Waals surface area contributed by atoms with E-state index < -0.39 is 0 Å². The van der Waals surface area contributed by atoms with Crippen LogP contribution in [0.4, 0.5) is 6.01 Å². The number of nitrogens with zero attached hydrogens (tertiary/aromatic N) is 1. The fourth-order valence-electron chi connectivity index (χ4n) is 1.82. The van der Waals surface area contributed by atoms with Gasteiger partial charge in [0.05, 0.1) is 6.61 Å². The van der Waals surface area contributed by atoms with Crippen LogP contribution in [0.2, 0.25) is 0 Å². The quantitative estimate of drug-likeness (QED) is 0.897. The van der Waals surface area contributed by atoms with Gasteiger partial charge in [0.1, 0.15) is 17.2 Å². The molecule has 2 aromatic rings. The van der Waals surface area contributed by atoms with Gasteiger partial charge in [-0.15, -0.1) is 0 Å². The van der Waals surface area contributed by atoms with E-state index in [0.717, 1.165) is 22.8 Å². The average molecular weight is 246 g/mol. The van der Waals surface area contributed by atoms with Crippen LogP contribution in [-0.4, -0.2) is 11.6 Å². The molecule has 0 saturated carbocycles. The highest BCUT2D eigenvalue weighted by Gasteiger charge is 2.16. The fraction of sp³-hybridized carbons (Fsp3) is 0.357. The molecule has 0 amide bonds. The first-order chi connectivity index (χ1) is 8.61. The summed E-state index contributed by atoms with van der Waals surface area (Å²) in [5, 5.41) is 0. The molecule has 0 saturated heterocycles. The third-order valence-corrected chi connectivity index (χ3v) is 2.63. The van der Waals surface area contributed by atoms with Gasteiger partial charge in [-0.2, -0.15) is 4.98 Å². The molecule has 0 aliphatic rings. The van der Waals surface area contributed by atoms with Crippen molar-refractivity contribution >= 4 is 6.01 Å². The second-order valence-corrected chi connectivity index (χ2v) is 4.38. The second-order valence-electron chi connectivity index (χ2n) is 4.38. The molecule has 96 valence electrons. The average Bonchev–Trinajstić information content (AvgIpc) is 2.73. The van der Waals surface area contributed by atoms with Crippen LogP contribution in [0.15, 0.2) is 28.7 Å². The molecule has 2 rings (SSSR count). The minimum Gasteiger partial charge on any atom is -0.494 e. The first-order valence-corrected chi connectivity index (χ1v) is 6.11.